The third-order valence-electron chi connectivity index (χ3n) is 3.71. The molecule has 1 amide bonds. The number of hydrogen-bond acceptors (Lipinski definition) is 3. The molecule has 0 aliphatic carbocycles. The molecule has 3 aromatic rings. The van der Waals surface area contributed by atoms with E-state index in [1.165, 1.54) is 42.5 Å². The summed E-state index contributed by atoms with van der Waals surface area (Å²) >= 11 is 0.565. The second-order valence-electron chi connectivity index (χ2n) is 5.58. The summed E-state index contributed by atoms with van der Waals surface area (Å²) in [5.41, 5.74) is -2.42. The molecule has 0 saturated heterocycles. The Morgan fingerprint density at radius 2 is 1.46 bits per heavy atom. The first kappa shape index (κ1) is 19.9. The smallest absolute Gasteiger partial charge is 0.298 e. The number of thiazole rings is 1. The van der Waals surface area contributed by atoms with Crippen LogP contribution in [0.2, 0.25) is 0 Å². The van der Waals surface area contributed by atoms with Gasteiger partial charge in [-0.25, -0.2) is 4.98 Å². The van der Waals surface area contributed by atoms with Crippen LogP contribution in [0.25, 0.3) is 11.1 Å². The van der Waals surface area contributed by atoms with Crippen molar-refractivity contribution >= 4 is 22.4 Å². The van der Waals surface area contributed by atoms with Gasteiger partial charge in [-0.3, -0.25) is 10.1 Å². The molecule has 3 nitrogen and oxygen atoms in total. The molecule has 1 aromatic heterocycles. The second-order valence-corrected chi connectivity index (χ2v) is 6.44. The monoisotopic (exact) mass is 416 g/mol. The fourth-order valence-corrected chi connectivity index (χ4v) is 3.22. The molecule has 0 spiro atoms. The molecule has 0 unspecified atom stereocenters. The summed E-state index contributed by atoms with van der Waals surface area (Å²) in [5.74, 6) is -0.865. The number of nitrogens with zero attached hydrogens (tertiary/aromatic N) is 1. The molecule has 0 radical (unpaired) electrons. The van der Waals surface area contributed by atoms with Crippen molar-refractivity contribution in [1.82, 2.24) is 4.98 Å². The maximum absolute atomic E-state index is 13.3. The number of carbonyl (C=O) groups excluding carboxylic acids is 1. The van der Waals surface area contributed by atoms with Gasteiger partial charge < -0.3 is 0 Å². The highest BCUT2D eigenvalue weighted by atomic mass is 32.1. The van der Waals surface area contributed by atoms with Gasteiger partial charge in [-0.05, 0) is 23.3 Å². The lowest BCUT2D eigenvalue weighted by atomic mass is 9.95. The van der Waals surface area contributed by atoms with Gasteiger partial charge in [0, 0.05) is 10.9 Å². The summed E-state index contributed by atoms with van der Waals surface area (Å²) < 4.78 is 77.8. The molecule has 0 saturated carbocycles. The van der Waals surface area contributed by atoms with Crippen LogP contribution in [0.1, 0.15) is 21.6 Å². The summed E-state index contributed by atoms with van der Waals surface area (Å²) in [7, 11) is 0. The van der Waals surface area contributed by atoms with E-state index >= 15 is 0 Å². The Kier molecular flexibility index (Phi) is 5.16. The van der Waals surface area contributed by atoms with Crippen LogP contribution in [-0.2, 0) is 12.4 Å². The highest BCUT2D eigenvalue weighted by Gasteiger charge is 2.35. The Morgan fingerprint density at radius 3 is 2.07 bits per heavy atom. The van der Waals surface area contributed by atoms with E-state index in [0.29, 0.717) is 11.3 Å². The molecule has 3 rings (SSSR count). The molecule has 0 bridgehead atoms. The van der Waals surface area contributed by atoms with Crippen molar-refractivity contribution in [2.75, 3.05) is 5.32 Å². The standard InChI is InChI=1S/C18H10F6N2OS/c19-17(20,21)13-8-4-3-6-11(13)10-5-1-2-7-12(10)15(27)26-16-25-14(9-28-16)18(22,23)24/h1-9H,(H,25,26,27). The van der Waals surface area contributed by atoms with E-state index in [0.717, 1.165) is 11.4 Å². The maximum Gasteiger partial charge on any atom is 0.434 e. The predicted octanol–water partition coefficient (Wildman–Crippen LogP) is 6.10. The molecule has 0 fully saturated rings. The minimum Gasteiger partial charge on any atom is -0.298 e. The van der Waals surface area contributed by atoms with E-state index in [1.54, 1.807) is 0 Å². The lowest BCUT2D eigenvalue weighted by Gasteiger charge is -2.15. The Morgan fingerprint density at radius 1 is 0.857 bits per heavy atom. The molecular formula is C18H10F6N2OS. The molecule has 0 atom stereocenters. The Hall–Kier alpha value is -2.88. The molecule has 146 valence electrons. The first-order valence-corrected chi connectivity index (χ1v) is 8.55. The first-order chi connectivity index (χ1) is 13.1. The molecule has 1 N–H and O–H groups in total. The largest absolute Gasteiger partial charge is 0.434 e. The molecule has 28 heavy (non-hydrogen) atoms. The highest BCUT2D eigenvalue weighted by Crippen LogP contribution is 2.38. The van der Waals surface area contributed by atoms with Gasteiger partial charge in [-0.2, -0.15) is 26.3 Å². The van der Waals surface area contributed by atoms with Crippen molar-refractivity contribution in [2.45, 2.75) is 12.4 Å². The van der Waals surface area contributed by atoms with Gasteiger partial charge in [0.1, 0.15) is 0 Å². The van der Waals surface area contributed by atoms with Crippen molar-refractivity contribution < 1.29 is 31.1 Å². The lowest BCUT2D eigenvalue weighted by molar-refractivity contribution is -0.140. The minimum absolute atomic E-state index is 0.000487. The van der Waals surface area contributed by atoms with Crippen molar-refractivity contribution in [3.05, 3.63) is 70.7 Å². The summed E-state index contributed by atoms with van der Waals surface area (Å²) in [6, 6.07) is 10.3. The van der Waals surface area contributed by atoms with E-state index < -0.39 is 29.5 Å². The second kappa shape index (κ2) is 7.27. The van der Waals surface area contributed by atoms with E-state index in [1.807, 2.05) is 0 Å². The van der Waals surface area contributed by atoms with Gasteiger partial charge in [0.05, 0.1) is 5.56 Å². The SMILES string of the molecule is O=C(Nc1nc(C(F)(F)F)cs1)c1ccccc1-c1ccccc1C(F)(F)F. The van der Waals surface area contributed by atoms with Crippen LogP contribution in [0, 0.1) is 0 Å². The minimum atomic E-state index is -4.66. The molecule has 2 aromatic carbocycles. The van der Waals surface area contributed by atoms with Gasteiger partial charge in [-0.1, -0.05) is 36.4 Å². The summed E-state index contributed by atoms with van der Waals surface area (Å²) in [4.78, 5) is 15.8. The number of nitrogens with one attached hydrogen (secondary N) is 1. The molecule has 0 aliphatic heterocycles. The normalized spacial score (nSPS) is 12.1. The van der Waals surface area contributed by atoms with Crippen LogP contribution in [0.4, 0.5) is 31.5 Å². The highest BCUT2D eigenvalue weighted by molar-refractivity contribution is 7.14. The molecular weight excluding hydrogens is 406 g/mol. The van der Waals surface area contributed by atoms with Crippen LogP contribution in [-0.4, -0.2) is 10.9 Å². The number of amides is 1. The van der Waals surface area contributed by atoms with Gasteiger partial charge in [0.2, 0.25) is 0 Å². The zero-order valence-corrected chi connectivity index (χ0v) is 14.5. The summed E-state index contributed by atoms with van der Waals surface area (Å²) in [6.45, 7) is 0. The average Bonchev–Trinajstić information content (AvgIpc) is 3.10. The fourth-order valence-electron chi connectivity index (χ4n) is 2.51. The number of rotatable bonds is 3. The lowest BCUT2D eigenvalue weighted by Crippen LogP contribution is -2.15. The Bertz CT molecular complexity index is 1010. The molecule has 10 heteroatoms. The number of benzene rings is 2. The Labute approximate surface area is 158 Å². The van der Waals surface area contributed by atoms with Crippen LogP contribution in [0.15, 0.2) is 53.9 Å². The van der Waals surface area contributed by atoms with Crippen LogP contribution < -0.4 is 5.32 Å². The van der Waals surface area contributed by atoms with Gasteiger partial charge in [0.15, 0.2) is 10.8 Å². The van der Waals surface area contributed by atoms with Crippen molar-refractivity contribution in [3.63, 3.8) is 0 Å². The number of aromatic nitrogens is 1. The topological polar surface area (TPSA) is 42.0 Å². The van der Waals surface area contributed by atoms with Crippen molar-refractivity contribution in [3.8, 4) is 11.1 Å². The van der Waals surface area contributed by atoms with Crippen LogP contribution in [0.3, 0.4) is 0 Å². The van der Waals surface area contributed by atoms with E-state index in [-0.39, 0.29) is 21.8 Å². The van der Waals surface area contributed by atoms with Crippen molar-refractivity contribution in [2.24, 2.45) is 0 Å². The van der Waals surface area contributed by atoms with Gasteiger partial charge in [0.25, 0.3) is 5.91 Å². The van der Waals surface area contributed by atoms with Gasteiger partial charge in [-0.15, -0.1) is 11.3 Å². The average molecular weight is 416 g/mol. The number of carbonyl (C=O) groups is 1. The predicted molar refractivity (Wildman–Crippen MR) is 91.9 cm³/mol. The zero-order valence-electron chi connectivity index (χ0n) is 13.7. The van der Waals surface area contributed by atoms with Crippen LogP contribution >= 0.6 is 11.3 Å². The van der Waals surface area contributed by atoms with Crippen molar-refractivity contribution in [1.29, 1.82) is 0 Å². The number of alkyl halides is 6. The number of anilines is 1. The quantitative estimate of drug-likeness (QED) is 0.524. The van der Waals surface area contributed by atoms with E-state index in [2.05, 4.69) is 10.3 Å². The maximum atomic E-state index is 13.3. The molecule has 1 heterocycles. The first-order valence-electron chi connectivity index (χ1n) is 7.67. The molecule has 0 aliphatic rings. The number of hydrogen-bond donors (Lipinski definition) is 1. The van der Waals surface area contributed by atoms with Crippen LogP contribution in [0.5, 0.6) is 0 Å². The zero-order chi connectivity index (χ0) is 20.5. The van der Waals surface area contributed by atoms with E-state index in [4.69, 9.17) is 0 Å². The summed E-state index contributed by atoms with van der Waals surface area (Å²) in [5, 5.41) is 2.63. The third-order valence-corrected chi connectivity index (χ3v) is 4.47. The van der Waals surface area contributed by atoms with Gasteiger partial charge >= 0.3 is 12.4 Å². The third kappa shape index (κ3) is 4.16. The fraction of sp³-hybridized carbons (Fsp3) is 0.111. The number of halogens is 6. The van der Waals surface area contributed by atoms with E-state index in [9.17, 15) is 31.1 Å². The summed E-state index contributed by atoms with van der Waals surface area (Å²) in [6.07, 6.45) is -9.31. The Balaban J connectivity index is 1.98.